The highest BCUT2D eigenvalue weighted by Gasteiger charge is 2.31. The quantitative estimate of drug-likeness (QED) is 0.541. The summed E-state index contributed by atoms with van der Waals surface area (Å²) < 4.78 is 32.9. The molecule has 0 aliphatic rings. The molecule has 5 nitrogen and oxygen atoms in total. The minimum Gasteiger partial charge on any atom is -0.484 e. The third-order valence-electron chi connectivity index (χ3n) is 4.69. The van der Waals surface area contributed by atoms with Crippen molar-refractivity contribution >= 4 is 21.6 Å². The van der Waals surface area contributed by atoms with Gasteiger partial charge in [-0.2, -0.15) is 4.31 Å². The van der Waals surface area contributed by atoms with E-state index in [1.165, 1.54) is 12.1 Å². The number of sulfonamides is 1. The highest BCUT2D eigenvalue weighted by molar-refractivity contribution is 7.93. The molecule has 0 N–H and O–H groups in total. The van der Waals surface area contributed by atoms with E-state index in [1.807, 2.05) is 19.1 Å². The van der Waals surface area contributed by atoms with Crippen LogP contribution >= 0.6 is 0 Å². The normalized spacial score (nSPS) is 11.3. The van der Waals surface area contributed by atoms with E-state index in [0.717, 1.165) is 15.4 Å². The predicted octanol–water partition coefficient (Wildman–Crippen LogP) is 4.92. The Kier molecular flexibility index (Phi) is 6.57. The van der Waals surface area contributed by atoms with E-state index in [9.17, 15) is 13.2 Å². The van der Waals surface area contributed by atoms with Crippen LogP contribution in [0.25, 0.3) is 0 Å². The summed E-state index contributed by atoms with van der Waals surface area (Å²) >= 11 is 0. The molecule has 0 aromatic heterocycles. The molecule has 0 saturated heterocycles. The molecule has 0 bridgehead atoms. The van der Waals surface area contributed by atoms with Gasteiger partial charge in [-0.3, -0.25) is 4.79 Å². The second-order valence-corrected chi connectivity index (χ2v) is 9.11. The van der Waals surface area contributed by atoms with Crippen LogP contribution < -0.4 is 9.04 Å². The van der Waals surface area contributed by atoms with Crippen LogP contribution in [0.3, 0.4) is 0 Å². The van der Waals surface area contributed by atoms with E-state index in [1.54, 1.807) is 54.6 Å². The van der Waals surface area contributed by atoms with E-state index >= 15 is 0 Å². The number of benzene rings is 3. The van der Waals surface area contributed by atoms with Gasteiger partial charge in [0.25, 0.3) is 15.9 Å². The molecule has 0 aliphatic carbocycles. The maximum absolute atomic E-state index is 13.2. The topological polar surface area (TPSA) is 63.7 Å². The highest BCUT2D eigenvalue weighted by atomic mass is 32.2. The number of nitrogens with zero attached hydrogens (tertiary/aromatic N) is 1. The summed E-state index contributed by atoms with van der Waals surface area (Å²) in [5.74, 6) is 0.220. The standard InChI is InChI=1S/C24H25NO4S/c1-18(2)20-11-15-22(16-12-20)29-17-24(26)25(21-13-9-19(3)10-14-21)30(27,28)23-7-5-4-6-8-23/h4-16,18H,17H2,1-3H3. The van der Waals surface area contributed by atoms with Gasteiger partial charge in [0, 0.05) is 0 Å². The fourth-order valence-electron chi connectivity index (χ4n) is 2.95. The molecular weight excluding hydrogens is 398 g/mol. The first kappa shape index (κ1) is 21.6. The van der Waals surface area contributed by atoms with E-state index in [2.05, 4.69) is 13.8 Å². The van der Waals surface area contributed by atoms with Crippen molar-refractivity contribution in [2.75, 3.05) is 10.9 Å². The number of hydrogen-bond donors (Lipinski definition) is 0. The third kappa shape index (κ3) is 4.89. The lowest BCUT2D eigenvalue weighted by Gasteiger charge is -2.23. The zero-order chi connectivity index (χ0) is 21.7. The van der Waals surface area contributed by atoms with E-state index in [4.69, 9.17) is 4.74 Å². The Bertz CT molecular complexity index is 1090. The van der Waals surface area contributed by atoms with Gasteiger partial charge in [0.1, 0.15) is 5.75 Å². The van der Waals surface area contributed by atoms with E-state index < -0.39 is 22.5 Å². The van der Waals surface area contributed by atoms with Crippen LogP contribution in [0.15, 0.2) is 83.8 Å². The summed E-state index contributed by atoms with van der Waals surface area (Å²) in [5, 5.41) is 0. The lowest BCUT2D eigenvalue weighted by Crippen LogP contribution is -2.40. The lowest BCUT2D eigenvalue weighted by atomic mass is 10.0. The van der Waals surface area contributed by atoms with Crippen molar-refractivity contribution < 1.29 is 17.9 Å². The molecule has 1 amide bonds. The minimum atomic E-state index is -4.08. The maximum atomic E-state index is 13.2. The molecule has 0 heterocycles. The van der Waals surface area contributed by atoms with Crippen LogP contribution in [0.4, 0.5) is 5.69 Å². The van der Waals surface area contributed by atoms with Crippen LogP contribution in [0.5, 0.6) is 5.75 Å². The Labute approximate surface area is 178 Å². The van der Waals surface area contributed by atoms with Crippen LogP contribution in [0.1, 0.15) is 30.9 Å². The fourth-order valence-corrected chi connectivity index (χ4v) is 4.38. The first-order valence-corrected chi connectivity index (χ1v) is 11.2. The minimum absolute atomic E-state index is 0.0419. The number of carbonyl (C=O) groups excluding carboxylic acids is 1. The molecule has 0 unspecified atom stereocenters. The van der Waals surface area contributed by atoms with Crippen LogP contribution in [-0.2, 0) is 14.8 Å². The van der Waals surface area contributed by atoms with Crippen molar-refractivity contribution in [3.63, 3.8) is 0 Å². The number of amides is 1. The molecule has 0 atom stereocenters. The second-order valence-electron chi connectivity index (χ2n) is 7.32. The predicted molar refractivity (Wildman–Crippen MR) is 118 cm³/mol. The average Bonchev–Trinajstić information content (AvgIpc) is 2.74. The molecule has 3 aromatic carbocycles. The van der Waals surface area contributed by atoms with Crippen molar-refractivity contribution in [3.8, 4) is 5.75 Å². The summed E-state index contributed by atoms with van der Waals surface area (Å²) in [6, 6.07) is 22.1. The van der Waals surface area contributed by atoms with Gasteiger partial charge in [0.05, 0.1) is 10.6 Å². The monoisotopic (exact) mass is 423 g/mol. The molecule has 0 fully saturated rings. The van der Waals surface area contributed by atoms with Gasteiger partial charge in [0.15, 0.2) is 6.61 Å². The van der Waals surface area contributed by atoms with Gasteiger partial charge in [0.2, 0.25) is 0 Å². The number of ether oxygens (including phenoxy) is 1. The first-order chi connectivity index (χ1) is 14.3. The molecule has 3 aromatic rings. The van der Waals surface area contributed by atoms with E-state index in [0.29, 0.717) is 11.7 Å². The Balaban J connectivity index is 1.88. The molecule has 6 heteroatoms. The van der Waals surface area contributed by atoms with Gasteiger partial charge in [-0.1, -0.05) is 61.9 Å². The number of carbonyl (C=O) groups is 1. The van der Waals surface area contributed by atoms with Gasteiger partial charge in [-0.25, -0.2) is 8.42 Å². The molecule has 0 saturated carbocycles. The lowest BCUT2D eigenvalue weighted by molar-refractivity contribution is -0.119. The largest absolute Gasteiger partial charge is 0.484 e. The SMILES string of the molecule is Cc1ccc(N(C(=O)COc2ccc(C(C)C)cc2)S(=O)(=O)c2ccccc2)cc1. The molecule has 0 radical (unpaired) electrons. The van der Waals surface area contributed by atoms with Gasteiger partial charge in [-0.15, -0.1) is 0 Å². The number of rotatable bonds is 7. The zero-order valence-electron chi connectivity index (χ0n) is 17.3. The smallest absolute Gasteiger partial charge is 0.278 e. The van der Waals surface area contributed by atoms with Crippen molar-refractivity contribution in [1.82, 2.24) is 0 Å². The number of aryl methyl sites for hydroxylation is 1. The summed E-state index contributed by atoms with van der Waals surface area (Å²) in [5.41, 5.74) is 2.39. The molecule has 156 valence electrons. The summed E-state index contributed by atoms with van der Waals surface area (Å²) in [6.07, 6.45) is 0. The van der Waals surface area contributed by atoms with Crippen molar-refractivity contribution in [2.45, 2.75) is 31.6 Å². The molecule has 3 rings (SSSR count). The zero-order valence-corrected chi connectivity index (χ0v) is 18.1. The summed E-state index contributed by atoms with van der Waals surface area (Å²) in [4.78, 5) is 13.1. The molecule has 0 aliphatic heterocycles. The van der Waals surface area contributed by atoms with Gasteiger partial charge >= 0.3 is 0 Å². The second kappa shape index (κ2) is 9.13. The third-order valence-corrected chi connectivity index (χ3v) is 6.45. The van der Waals surface area contributed by atoms with Crippen molar-refractivity contribution in [1.29, 1.82) is 0 Å². The molecule has 30 heavy (non-hydrogen) atoms. The Morgan fingerprint density at radius 2 is 1.50 bits per heavy atom. The van der Waals surface area contributed by atoms with E-state index in [-0.39, 0.29) is 10.6 Å². The Hall–Kier alpha value is -3.12. The summed E-state index contributed by atoms with van der Waals surface area (Å²) in [6.45, 7) is 5.67. The highest BCUT2D eigenvalue weighted by Crippen LogP contribution is 2.25. The van der Waals surface area contributed by atoms with Crippen LogP contribution in [0, 0.1) is 6.92 Å². The molecular formula is C24H25NO4S. The van der Waals surface area contributed by atoms with Crippen LogP contribution in [-0.4, -0.2) is 20.9 Å². The Morgan fingerprint density at radius 3 is 2.07 bits per heavy atom. The Morgan fingerprint density at radius 1 is 0.900 bits per heavy atom. The fraction of sp³-hybridized carbons (Fsp3) is 0.208. The number of anilines is 1. The van der Waals surface area contributed by atoms with Crippen molar-refractivity contribution in [3.05, 3.63) is 90.0 Å². The van der Waals surface area contributed by atoms with Gasteiger partial charge in [-0.05, 0) is 54.8 Å². The van der Waals surface area contributed by atoms with Gasteiger partial charge < -0.3 is 4.74 Å². The van der Waals surface area contributed by atoms with Crippen LogP contribution in [0.2, 0.25) is 0 Å². The molecule has 0 spiro atoms. The average molecular weight is 424 g/mol. The first-order valence-electron chi connectivity index (χ1n) is 9.71. The number of hydrogen-bond acceptors (Lipinski definition) is 4. The summed E-state index contributed by atoms with van der Waals surface area (Å²) in [7, 11) is -4.08. The maximum Gasteiger partial charge on any atom is 0.278 e. The van der Waals surface area contributed by atoms with Crippen molar-refractivity contribution in [2.24, 2.45) is 0 Å².